The van der Waals surface area contributed by atoms with Crippen LogP contribution in [-0.2, 0) is 21.6 Å². The normalized spacial score (nSPS) is 13.0. The highest BCUT2D eigenvalue weighted by atomic mass is 32.1. The number of nitrogens with zero attached hydrogens (tertiary/aromatic N) is 3. The molecule has 1 aromatic carbocycles. The summed E-state index contributed by atoms with van der Waals surface area (Å²) in [5, 5.41) is 10.1. The second kappa shape index (κ2) is 9.51. The average molecular weight is 512 g/mol. The van der Waals surface area contributed by atoms with Crippen LogP contribution in [0.4, 0.5) is 0 Å². The van der Waals surface area contributed by atoms with Crippen LogP contribution in [0.2, 0.25) is 0 Å². The van der Waals surface area contributed by atoms with Crippen LogP contribution in [0.15, 0.2) is 50.5 Å². The molecule has 9 nitrogen and oxygen atoms in total. The Bertz CT molecular complexity index is 1540. The van der Waals surface area contributed by atoms with Crippen LogP contribution in [0.3, 0.4) is 0 Å². The molecule has 3 heterocycles. The summed E-state index contributed by atoms with van der Waals surface area (Å²) in [6, 6.07) is 9.48. The Morgan fingerprint density at radius 3 is 2.42 bits per heavy atom. The van der Waals surface area contributed by atoms with Crippen LogP contribution in [0.25, 0.3) is 21.0 Å². The summed E-state index contributed by atoms with van der Waals surface area (Å²) in [5.41, 5.74) is -1.73. The molecule has 0 unspecified atom stereocenters. The van der Waals surface area contributed by atoms with Crippen LogP contribution < -0.4 is 11.2 Å². The van der Waals surface area contributed by atoms with Crippen molar-refractivity contribution in [2.24, 2.45) is 0 Å². The third kappa shape index (κ3) is 4.42. The SMILES string of the molecule is Cc1cnc(-c2sc3c(c2C)c(=O)n(C(C)(C)C(=O)O)c(=O)n3C[C@H](OC(C)C)c2ccccc2)o1. The Kier molecular flexibility index (Phi) is 6.76. The summed E-state index contributed by atoms with van der Waals surface area (Å²) in [6.45, 7) is 10.1. The Morgan fingerprint density at radius 2 is 1.86 bits per heavy atom. The second-order valence-electron chi connectivity index (χ2n) is 9.49. The Hall–Kier alpha value is -3.50. The average Bonchev–Trinajstić information content (AvgIpc) is 3.39. The molecule has 190 valence electrons. The molecule has 36 heavy (non-hydrogen) atoms. The van der Waals surface area contributed by atoms with E-state index in [0.29, 0.717) is 26.9 Å². The molecule has 0 aliphatic heterocycles. The molecule has 0 saturated heterocycles. The van der Waals surface area contributed by atoms with Gasteiger partial charge in [-0.2, -0.15) is 0 Å². The van der Waals surface area contributed by atoms with Gasteiger partial charge in [-0.05, 0) is 52.7 Å². The lowest BCUT2D eigenvalue weighted by Crippen LogP contribution is -2.52. The molecule has 0 saturated carbocycles. The topological polar surface area (TPSA) is 117 Å². The largest absolute Gasteiger partial charge is 0.480 e. The number of carbonyl (C=O) groups is 1. The second-order valence-corrected chi connectivity index (χ2v) is 10.5. The zero-order valence-corrected chi connectivity index (χ0v) is 21.9. The number of aliphatic carboxylic acids is 1. The zero-order valence-electron chi connectivity index (χ0n) is 21.1. The molecule has 0 radical (unpaired) electrons. The van der Waals surface area contributed by atoms with Crippen LogP contribution in [-0.4, -0.2) is 31.3 Å². The third-order valence-corrected chi connectivity index (χ3v) is 7.37. The number of aryl methyl sites for hydroxylation is 2. The smallest absolute Gasteiger partial charge is 0.333 e. The fourth-order valence-electron chi connectivity index (χ4n) is 4.15. The third-order valence-electron chi connectivity index (χ3n) is 6.07. The molecule has 0 fully saturated rings. The van der Waals surface area contributed by atoms with Crippen molar-refractivity contribution in [1.29, 1.82) is 0 Å². The maximum Gasteiger partial charge on any atom is 0.333 e. The van der Waals surface area contributed by atoms with E-state index in [1.807, 2.05) is 44.2 Å². The summed E-state index contributed by atoms with van der Waals surface area (Å²) in [5.74, 6) is -0.341. The molecule has 0 bridgehead atoms. The van der Waals surface area contributed by atoms with Crippen LogP contribution >= 0.6 is 11.3 Å². The number of ether oxygens (including phenoxy) is 1. The summed E-state index contributed by atoms with van der Waals surface area (Å²) < 4.78 is 14.2. The van der Waals surface area contributed by atoms with E-state index in [2.05, 4.69) is 4.98 Å². The first-order valence-electron chi connectivity index (χ1n) is 11.6. The fraction of sp³-hybridized carbons (Fsp3) is 0.385. The minimum atomic E-state index is -1.78. The van der Waals surface area contributed by atoms with Crippen LogP contribution in [0, 0.1) is 13.8 Å². The van der Waals surface area contributed by atoms with Gasteiger partial charge in [-0.3, -0.25) is 9.36 Å². The van der Waals surface area contributed by atoms with E-state index >= 15 is 0 Å². The molecular weight excluding hydrogens is 482 g/mol. The van der Waals surface area contributed by atoms with Crippen molar-refractivity contribution >= 4 is 27.5 Å². The number of rotatable bonds is 8. The molecule has 10 heteroatoms. The minimum absolute atomic E-state index is 0.0809. The van der Waals surface area contributed by atoms with Gasteiger partial charge in [-0.15, -0.1) is 11.3 Å². The molecule has 4 aromatic rings. The maximum atomic E-state index is 13.8. The molecule has 4 rings (SSSR count). The Balaban J connectivity index is 2.05. The lowest BCUT2D eigenvalue weighted by atomic mass is 10.1. The van der Waals surface area contributed by atoms with Crippen LogP contribution in [0.1, 0.15) is 50.7 Å². The molecule has 0 aliphatic rings. The maximum absolute atomic E-state index is 13.8. The Morgan fingerprint density at radius 1 is 1.19 bits per heavy atom. The van der Waals surface area contributed by atoms with E-state index in [1.165, 1.54) is 29.8 Å². The van der Waals surface area contributed by atoms with E-state index in [0.717, 1.165) is 10.1 Å². The van der Waals surface area contributed by atoms with E-state index < -0.39 is 28.9 Å². The number of carboxylic acid groups (broad SMARTS) is 1. The van der Waals surface area contributed by atoms with Crippen molar-refractivity contribution in [3.05, 3.63) is 74.3 Å². The summed E-state index contributed by atoms with van der Waals surface area (Å²) in [7, 11) is 0. The van der Waals surface area contributed by atoms with Gasteiger partial charge in [0.2, 0.25) is 5.89 Å². The lowest BCUT2D eigenvalue weighted by Gasteiger charge is -2.26. The zero-order chi connectivity index (χ0) is 26.4. The number of aromatic nitrogens is 3. The van der Waals surface area contributed by atoms with E-state index in [-0.39, 0.29) is 18.0 Å². The summed E-state index contributed by atoms with van der Waals surface area (Å²) >= 11 is 1.22. The fourth-order valence-corrected chi connectivity index (χ4v) is 5.38. The number of benzene rings is 1. The van der Waals surface area contributed by atoms with Crippen LogP contribution in [0.5, 0.6) is 0 Å². The number of hydrogen-bond acceptors (Lipinski definition) is 7. The van der Waals surface area contributed by atoms with E-state index in [1.54, 1.807) is 20.0 Å². The van der Waals surface area contributed by atoms with Gasteiger partial charge in [-0.1, -0.05) is 30.3 Å². The van der Waals surface area contributed by atoms with Crippen molar-refractivity contribution < 1.29 is 19.1 Å². The molecule has 3 aromatic heterocycles. The molecule has 0 amide bonds. The van der Waals surface area contributed by atoms with Crippen molar-refractivity contribution in [2.75, 3.05) is 0 Å². The van der Waals surface area contributed by atoms with E-state index in [4.69, 9.17) is 9.15 Å². The molecular formula is C26H29N3O6S. The molecule has 1 N–H and O–H groups in total. The number of oxazole rings is 1. The van der Waals surface area contributed by atoms with Gasteiger partial charge in [0.15, 0.2) is 0 Å². The van der Waals surface area contributed by atoms with Crippen molar-refractivity contribution in [2.45, 2.75) is 65.8 Å². The van der Waals surface area contributed by atoms with Gasteiger partial charge in [0.1, 0.15) is 22.2 Å². The Labute approximate surface area is 211 Å². The highest BCUT2D eigenvalue weighted by Crippen LogP contribution is 2.37. The standard InChI is InChI=1S/C26H29N3O6S/c1-14(2)34-18(17-10-8-7-9-11-17)13-28-23-19(16(4)20(36-23)21-27-12-15(3)35-21)22(30)29(25(28)33)26(5,6)24(31)32/h7-12,14,18H,13H2,1-6H3,(H,31,32)/t18-/m0/s1. The first kappa shape index (κ1) is 25.6. The van der Waals surface area contributed by atoms with Crippen molar-refractivity contribution in [3.63, 3.8) is 0 Å². The number of thiophene rings is 1. The number of carboxylic acids is 1. The first-order chi connectivity index (χ1) is 16.9. The molecule has 1 atom stereocenters. The highest BCUT2D eigenvalue weighted by Gasteiger charge is 2.36. The minimum Gasteiger partial charge on any atom is -0.480 e. The van der Waals surface area contributed by atoms with Gasteiger partial charge in [0.25, 0.3) is 5.56 Å². The van der Waals surface area contributed by atoms with Gasteiger partial charge < -0.3 is 14.3 Å². The lowest BCUT2D eigenvalue weighted by molar-refractivity contribution is -0.146. The highest BCUT2D eigenvalue weighted by molar-refractivity contribution is 7.22. The van der Waals surface area contributed by atoms with Crippen molar-refractivity contribution in [1.82, 2.24) is 14.1 Å². The summed E-state index contributed by atoms with van der Waals surface area (Å²) in [6.07, 6.45) is 0.930. The predicted octanol–water partition coefficient (Wildman–Crippen LogP) is 4.48. The van der Waals surface area contributed by atoms with Gasteiger partial charge >= 0.3 is 11.7 Å². The molecule has 0 spiro atoms. The van der Waals surface area contributed by atoms with Gasteiger partial charge in [-0.25, -0.2) is 19.1 Å². The first-order valence-corrected chi connectivity index (χ1v) is 12.4. The quantitative estimate of drug-likeness (QED) is 0.371. The van der Waals surface area contributed by atoms with Crippen molar-refractivity contribution in [3.8, 4) is 10.8 Å². The molecule has 0 aliphatic carbocycles. The number of fused-ring (bicyclic) bond motifs is 1. The monoisotopic (exact) mass is 511 g/mol. The van der Waals surface area contributed by atoms with Gasteiger partial charge in [0, 0.05) is 0 Å². The summed E-state index contributed by atoms with van der Waals surface area (Å²) in [4.78, 5) is 45.0. The van der Waals surface area contributed by atoms with E-state index in [9.17, 15) is 19.5 Å². The van der Waals surface area contributed by atoms with Gasteiger partial charge in [0.05, 0.1) is 29.1 Å². The predicted molar refractivity (Wildman–Crippen MR) is 138 cm³/mol. The number of hydrogen-bond donors (Lipinski definition) is 1.